The summed E-state index contributed by atoms with van der Waals surface area (Å²) in [5, 5.41) is 0.765. The number of allylic oxidation sites excluding steroid dienone is 2. The van der Waals surface area contributed by atoms with Crippen LogP contribution in [-0.4, -0.2) is 23.8 Å². The minimum Gasteiger partial charge on any atom is -0.377 e. The number of ketones is 1. The third kappa shape index (κ3) is 2.26. The Hall–Kier alpha value is -0.150. The molecule has 0 bridgehead atoms. The molecule has 1 unspecified atom stereocenters. The standard InChI is InChI=1S/C11H17BrO2/c1-8-4-5-9(6-10(8)13)11(2,7-12)14-3/h4,9H,5-7H2,1-3H3/t9?,11-/m1/s1. The zero-order chi connectivity index (χ0) is 10.8. The van der Waals surface area contributed by atoms with Crippen LogP contribution in [0.4, 0.5) is 0 Å². The molecule has 0 N–H and O–H groups in total. The average Bonchev–Trinajstić information content (AvgIpc) is 2.21. The van der Waals surface area contributed by atoms with E-state index in [2.05, 4.69) is 15.9 Å². The molecule has 0 radical (unpaired) electrons. The molecule has 0 aromatic heterocycles. The van der Waals surface area contributed by atoms with E-state index in [0.717, 1.165) is 17.3 Å². The van der Waals surface area contributed by atoms with E-state index in [-0.39, 0.29) is 11.4 Å². The molecule has 0 aromatic rings. The van der Waals surface area contributed by atoms with Crippen LogP contribution >= 0.6 is 15.9 Å². The summed E-state index contributed by atoms with van der Waals surface area (Å²) < 4.78 is 5.48. The van der Waals surface area contributed by atoms with E-state index in [1.165, 1.54) is 0 Å². The van der Waals surface area contributed by atoms with Crippen LogP contribution in [0.15, 0.2) is 11.6 Å². The van der Waals surface area contributed by atoms with Gasteiger partial charge < -0.3 is 4.74 Å². The van der Waals surface area contributed by atoms with Crippen molar-refractivity contribution in [3.8, 4) is 0 Å². The van der Waals surface area contributed by atoms with Gasteiger partial charge in [0.1, 0.15) is 0 Å². The third-order valence-corrected chi connectivity index (χ3v) is 4.29. The Morgan fingerprint density at radius 2 is 2.36 bits per heavy atom. The number of methoxy groups -OCH3 is 1. The summed E-state index contributed by atoms with van der Waals surface area (Å²) in [4.78, 5) is 11.5. The number of carbonyl (C=O) groups excluding carboxylic acids is 1. The van der Waals surface area contributed by atoms with Crippen LogP contribution in [0, 0.1) is 5.92 Å². The van der Waals surface area contributed by atoms with E-state index >= 15 is 0 Å². The molecule has 2 atom stereocenters. The predicted molar refractivity (Wildman–Crippen MR) is 60.7 cm³/mol. The fraction of sp³-hybridized carbons (Fsp3) is 0.727. The van der Waals surface area contributed by atoms with E-state index in [1.54, 1.807) is 7.11 Å². The Morgan fingerprint density at radius 3 is 2.79 bits per heavy atom. The first-order valence-corrected chi connectivity index (χ1v) is 5.96. The quantitative estimate of drug-likeness (QED) is 0.730. The van der Waals surface area contributed by atoms with E-state index in [4.69, 9.17) is 4.74 Å². The molecular formula is C11H17BrO2. The maximum Gasteiger partial charge on any atom is 0.158 e. The minimum absolute atomic E-state index is 0.229. The van der Waals surface area contributed by atoms with Crippen molar-refractivity contribution >= 4 is 21.7 Å². The van der Waals surface area contributed by atoms with Crippen molar-refractivity contribution in [3.63, 3.8) is 0 Å². The Bertz CT molecular complexity index is 254. The van der Waals surface area contributed by atoms with Crippen LogP contribution < -0.4 is 0 Å². The van der Waals surface area contributed by atoms with Crippen molar-refractivity contribution in [2.24, 2.45) is 5.92 Å². The van der Waals surface area contributed by atoms with Gasteiger partial charge in [-0.15, -0.1) is 0 Å². The molecule has 0 saturated carbocycles. The Morgan fingerprint density at radius 1 is 1.71 bits per heavy atom. The lowest BCUT2D eigenvalue weighted by molar-refractivity contribution is -0.120. The van der Waals surface area contributed by atoms with E-state index in [9.17, 15) is 4.79 Å². The molecule has 0 spiro atoms. The number of alkyl halides is 1. The first kappa shape index (κ1) is 11.9. The van der Waals surface area contributed by atoms with Crippen LogP contribution in [-0.2, 0) is 9.53 Å². The van der Waals surface area contributed by atoms with Crippen molar-refractivity contribution < 1.29 is 9.53 Å². The first-order chi connectivity index (χ1) is 6.53. The summed E-state index contributed by atoms with van der Waals surface area (Å²) in [6.07, 6.45) is 3.57. The molecule has 0 aromatic carbocycles. The molecule has 0 aliphatic heterocycles. The first-order valence-electron chi connectivity index (χ1n) is 4.84. The molecular weight excluding hydrogens is 244 g/mol. The van der Waals surface area contributed by atoms with Crippen molar-refractivity contribution in [1.29, 1.82) is 0 Å². The monoisotopic (exact) mass is 260 g/mol. The number of rotatable bonds is 3. The molecule has 1 rings (SSSR count). The van der Waals surface area contributed by atoms with E-state index in [1.807, 2.05) is 19.9 Å². The lowest BCUT2D eigenvalue weighted by atomic mass is 9.79. The normalized spacial score (nSPS) is 27.0. The zero-order valence-electron chi connectivity index (χ0n) is 8.97. The van der Waals surface area contributed by atoms with Gasteiger partial charge in [0.15, 0.2) is 5.78 Å². The van der Waals surface area contributed by atoms with Crippen molar-refractivity contribution in [2.75, 3.05) is 12.4 Å². The van der Waals surface area contributed by atoms with Gasteiger partial charge in [0, 0.05) is 18.9 Å². The number of hydrogen-bond donors (Lipinski definition) is 0. The highest BCUT2D eigenvalue weighted by Crippen LogP contribution is 2.33. The van der Waals surface area contributed by atoms with Gasteiger partial charge in [0.05, 0.1) is 5.60 Å². The number of ether oxygens (including phenoxy) is 1. The molecule has 0 amide bonds. The molecule has 14 heavy (non-hydrogen) atoms. The smallest absolute Gasteiger partial charge is 0.158 e. The van der Waals surface area contributed by atoms with Gasteiger partial charge in [-0.2, -0.15) is 0 Å². The lowest BCUT2D eigenvalue weighted by Gasteiger charge is -2.36. The fourth-order valence-electron chi connectivity index (χ4n) is 1.70. The summed E-state index contributed by atoms with van der Waals surface area (Å²) in [7, 11) is 1.71. The Balaban J connectivity index is 2.77. The lowest BCUT2D eigenvalue weighted by Crippen LogP contribution is -2.40. The van der Waals surface area contributed by atoms with E-state index < -0.39 is 0 Å². The van der Waals surface area contributed by atoms with Gasteiger partial charge in [-0.25, -0.2) is 0 Å². The van der Waals surface area contributed by atoms with Gasteiger partial charge in [0.2, 0.25) is 0 Å². The van der Waals surface area contributed by atoms with Crippen molar-refractivity contribution in [2.45, 2.75) is 32.3 Å². The van der Waals surface area contributed by atoms with Gasteiger partial charge >= 0.3 is 0 Å². The largest absolute Gasteiger partial charge is 0.377 e. The molecule has 1 aliphatic rings. The van der Waals surface area contributed by atoms with Crippen LogP contribution in [0.1, 0.15) is 26.7 Å². The van der Waals surface area contributed by atoms with Crippen LogP contribution in [0.2, 0.25) is 0 Å². The number of Topliss-reactive ketones (excluding diaryl/α,β-unsaturated/α-hetero) is 1. The maximum absolute atomic E-state index is 11.5. The number of halogens is 1. The molecule has 3 heteroatoms. The van der Waals surface area contributed by atoms with Gasteiger partial charge in [-0.05, 0) is 31.8 Å². The summed E-state index contributed by atoms with van der Waals surface area (Å²) in [5.74, 6) is 0.550. The molecule has 0 heterocycles. The van der Waals surface area contributed by atoms with Crippen molar-refractivity contribution in [3.05, 3.63) is 11.6 Å². The molecule has 1 aliphatic carbocycles. The summed E-state index contributed by atoms with van der Waals surface area (Å²) >= 11 is 3.45. The Kier molecular flexibility index (Phi) is 3.90. The predicted octanol–water partition coefficient (Wildman–Crippen LogP) is 2.71. The summed E-state index contributed by atoms with van der Waals surface area (Å²) in [6, 6.07) is 0. The van der Waals surface area contributed by atoms with Gasteiger partial charge in [0.25, 0.3) is 0 Å². The van der Waals surface area contributed by atoms with Gasteiger partial charge in [-0.3, -0.25) is 4.79 Å². The molecule has 80 valence electrons. The second-order valence-corrected chi connectivity index (χ2v) is 4.66. The molecule has 0 fully saturated rings. The topological polar surface area (TPSA) is 26.3 Å². The van der Waals surface area contributed by atoms with Crippen molar-refractivity contribution in [1.82, 2.24) is 0 Å². The van der Waals surface area contributed by atoms with Crippen LogP contribution in [0.3, 0.4) is 0 Å². The highest BCUT2D eigenvalue weighted by Gasteiger charge is 2.36. The van der Waals surface area contributed by atoms with Gasteiger partial charge in [-0.1, -0.05) is 22.0 Å². The maximum atomic E-state index is 11.5. The number of hydrogen-bond acceptors (Lipinski definition) is 2. The second kappa shape index (κ2) is 4.58. The second-order valence-electron chi connectivity index (χ2n) is 4.10. The highest BCUT2D eigenvalue weighted by molar-refractivity contribution is 9.09. The third-order valence-electron chi connectivity index (χ3n) is 3.18. The van der Waals surface area contributed by atoms with Crippen LogP contribution in [0.5, 0.6) is 0 Å². The highest BCUT2D eigenvalue weighted by atomic mass is 79.9. The Labute approximate surface area is 93.8 Å². The SMILES string of the molecule is CO[C@](C)(CBr)C1CC=C(C)C(=O)C1. The minimum atomic E-state index is -0.229. The van der Waals surface area contributed by atoms with E-state index in [0.29, 0.717) is 12.3 Å². The summed E-state index contributed by atoms with van der Waals surface area (Å²) in [5.41, 5.74) is 0.668. The summed E-state index contributed by atoms with van der Waals surface area (Å²) in [6.45, 7) is 3.94. The molecule has 2 nitrogen and oxygen atoms in total. The van der Waals surface area contributed by atoms with Crippen LogP contribution in [0.25, 0.3) is 0 Å². The number of carbonyl (C=O) groups is 1. The average molecular weight is 261 g/mol. The fourth-order valence-corrected chi connectivity index (χ4v) is 2.38. The molecule has 0 saturated heterocycles. The zero-order valence-corrected chi connectivity index (χ0v) is 10.6.